The number of nitrogens with zero attached hydrogens (tertiary/aromatic N) is 1. The number of sulfonamides is 1. The molecular formula is C19H24N2O3S. The van der Waals surface area contributed by atoms with Crippen molar-refractivity contribution in [1.29, 1.82) is 0 Å². The van der Waals surface area contributed by atoms with Crippen LogP contribution in [0.4, 0.5) is 0 Å². The molecule has 6 heteroatoms. The molecule has 0 aliphatic heterocycles. The van der Waals surface area contributed by atoms with E-state index in [1.54, 1.807) is 24.8 Å². The number of hydrogen-bond donors (Lipinski definition) is 1. The number of nitrogens with two attached hydrogens (primary N) is 1. The molecule has 2 N–H and O–H groups in total. The van der Waals surface area contributed by atoms with Crippen LogP contribution in [0.1, 0.15) is 34.0 Å². The van der Waals surface area contributed by atoms with Gasteiger partial charge in [0.05, 0.1) is 4.90 Å². The van der Waals surface area contributed by atoms with Gasteiger partial charge in [0.15, 0.2) is 0 Å². The molecule has 1 amide bonds. The van der Waals surface area contributed by atoms with Crippen LogP contribution >= 0.6 is 0 Å². The molecule has 134 valence electrons. The Kier molecular flexibility index (Phi) is 5.98. The van der Waals surface area contributed by atoms with Gasteiger partial charge in [-0.15, -0.1) is 0 Å². The van der Waals surface area contributed by atoms with E-state index >= 15 is 0 Å². The van der Waals surface area contributed by atoms with E-state index in [2.05, 4.69) is 0 Å². The maximum Gasteiger partial charge on any atom is 0.254 e. The van der Waals surface area contributed by atoms with Gasteiger partial charge >= 0.3 is 0 Å². The molecule has 0 fully saturated rings. The summed E-state index contributed by atoms with van der Waals surface area (Å²) in [4.78, 5) is 14.6. The van der Waals surface area contributed by atoms with Crippen LogP contribution < -0.4 is 5.14 Å². The predicted molar refractivity (Wildman–Crippen MR) is 99.0 cm³/mol. The normalized spacial score (nSPS) is 11.4. The van der Waals surface area contributed by atoms with Crippen LogP contribution in [-0.2, 0) is 16.4 Å². The van der Waals surface area contributed by atoms with Crippen LogP contribution in [0.3, 0.4) is 0 Å². The summed E-state index contributed by atoms with van der Waals surface area (Å²) in [5, 5.41) is 5.27. The molecule has 0 aromatic heterocycles. The highest BCUT2D eigenvalue weighted by molar-refractivity contribution is 7.89. The molecular weight excluding hydrogens is 336 g/mol. The van der Waals surface area contributed by atoms with Gasteiger partial charge in [0.25, 0.3) is 5.91 Å². The maximum atomic E-state index is 12.9. The van der Waals surface area contributed by atoms with Gasteiger partial charge in [-0.2, -0.15) is 0 Å². The highest BCUT2D eigenvalue weighted by Crippen LogP contribution is 2.21. The first-order valence-electron chi connectivity index (χ1n) is 8.21. The summed E-state index contributed by atoms with van der Waals surface area (Å²) in [6.45, 7) is 6.50. The minimum absolute atomic E-state index is 0.000521. The Morgan fingerprint density at radius 2 is 1.72 bits per heavy atom. The Morgan fingerprint density at radius 1 is 1.08 bits per heavy atom. The van der Waals surface area contributed by atoms with Gasteiger partial charge < -0.3 is 4.90 Å². The SMILES string of the molecule is CCN(CCc1ccccc1)C(=O)c1cc(S(N)(=O)=O)c(C)cc1C. The number of carbonyl (C=O) groups is 1. The third-order valence-electron chi connectivity index (χ3n) is 4.24. The Bertz CT molecular complexity index is 862. The molecule has 0 unspecified atom stereocenters. The summed E-state index contributed by atoms with van der Waals surface area (Å²) >= 11 is 0. The summed E-state index contributed by atoms with van der Waals surface area (Å²) in [6.07, 6.45) is 0.743. The number of primary sulfonamides is 1. The number of hydrogen-bond acceptors (Lipinski definition) is 3. The molecule has 2 aromatic carbocycles. The lowest BCUT2D eigenvalue weighted by molar-refractivity contribution is 0.0765. The highest BCUT2D eigenvalue weighted by Gasteiger charge is 2.21. The zero-order chi connectivity index (χ0) is 18.6. The van der Waals surface area contributed by atoms with E-state index in [1.807, 2.05) is 37.3 Å². The average molecular weight is 360 g/mol. The number of carbonyl (C=O) groups excluding carboxylic acids is 1. The zero-order valence-electron chi connectivity index (χ0n) is 14.8. The molecule has 2 rings (SSSR count). The van der Waals surface area contributed by atoms with Crippen LogP contribution in [0.25, 0.3) is 0 Å². The zero-order valence-corrected chi connectivity index (χ0v) is 15.6. The topological polar surface area (TPSA) is 80.5 Å². The van der Waals surface area contributed by atoms with E-state index < -0.39 is 10.0 Å². The van der Waals surface area contributed by atoms with Gasteiger partial charge in [-0.25, -0.2) is 13.6 Å². The highest BCUT2D eigenvalue weighted by atomic mass is 32.2. The second-order valence-electron chi connectivity index (χ2n) is 6.10. The average Bonchev–Trinajstić information content (AvgIpc) is 2.55. The molecule has 2 aromatic rings. The lowest BCUT2D eigenvalue weighted by Crippen LogP contribution is -2.33. The van der Waals surface area contributed by atoms with Crippen LogP contribution in [0, 0.1) is 13.8 Å². The van der Waals surface area contributed by atoms with Crippen molar-refractivity contribution in [2.75, 3.05) is 13.1 Å². The standard InChI is InChI=1S/C19H24N2O3S/c1-4-21(11-10-16-8-6-5-7-9-16)19(22)17-13-18(25(20,23)24)15(3)12-14(17)2/h5-9,12-13H,4,10-11H2,1-3H3,(H2,20,23,24). The van der Waals surface area contributed by atoms with Crippen molar-refractivity contribution in [1.82, 2.24) is 4.90 Å². The van der Waals surface area contributed by atoms with Crippen molar-refractivity contribution >= 4 is 15.9 Å². The Hall–Kier alpha value is -2.18. The molecule has 0 spiro atoms. The lowest BCUT2D eigenvalue weighted by atomic mass is 10.0. The largest absolute Gasteiger partial charge is 0.339 e. The number of likely N-dealkylation sites (N-methyl/N-ethyl adjacent to an activating group) is 1. The third-order valence-corrected chi connectivity index (χ3v) is 5.29. The van der Waals surface area contributed by atoms with Crippen LogP contribution in [0.2, 0.25) is 0 Å². The molecule has 25 heavy (non-hydrogen) atoms. The second-order valence-corrected chi connectivity index (χ2v) is 7.63. The third kappa shape index (κ3) is 4.67. The summed E-state index contributed by atoms with van der Waals surface area (Å²) in [5.41, 5.74) is 2.82. The number of benzene rings is 2. The predicted octanol–water partition coefficient (Wildman–Crippen LogP) is 2.66. The van der Waals surface area contributed by atoms with Crippen LogP contribution in [0.15, 0.2) is 47.4 Å². The molecule has 0 bridgehead atoms. The van der Waals surface area contributed by atoms with Gasteiger partial charge in [-0.3, -0.25) is 4.79 Å². The first kappa shape index (κ1) is 19.1. The fourth-order valence-corrected chi connectivity index (χ4v) is 3.64. The number of amides is 1. The van der Waals surface area contributed by atoms with E-state index in [0.29, 0.717) is 24.2 Å². The van der Waals surface area contributed by atoms with E-state index in [4.69, 9.17) is 5.14 Å². The van der Waals surface area contributed by atoms with Crippen LogP contribution in [0.5, 0.6) is 0 Å². The van der Waals surface area contributed by atoms with Crippen molar-refractivity contribution in [2.24, 2.45) is 5.14 Å². The van der Waals surface area contributed by atoms with Crippen molar-refractivity contribution in [3.05, 3.63) is 64.7 Å². The van der Waals surface area contributed by atoms with E-state index in [0.717, 1.165) is 17.5 Å². The molecule has 0 saturated carbocycles. The fourth-order valence-electron chi connectivity index (χ4n) is 2.85. The summed E-state index contributed by atoms with van der Waals surface area (Å²) in [7, 11) is -3.86. The quantitative estimate of drug-likeness (QED) is 0.860. The Labute approximate surface area is 149 Å². The molecule has 0 radical (unpaired) electrons. The van der Waals surface area contributed by atoms with Gasteiger partial charge in [0.1, 0.15) is 0 Å². The first-order chi connectivity index (χ1) is 11.7. The monoisotopic (exact) mass is 360 g/mol. The van der Waals surface area contributed by atoms with E-state index in [-0.39, 0.29) is 10.8 Å². The number of aryl methyl sites for hydroxylation is 2. The second kappa shape index (κ2) is 7.80. The van der Waals surface area contributed by atoms with Crippen molar-refractivity contribution < 1.29 is 13.2 Å². The number of rotatable bonds is 6. The van der Waals surface area contributed by atoms with E-state index in [9.17, 15) is 13.2 Å². The Morgan fingerprint density at radius 3 is 2.28 bits per heavy atom. The smallest absolute Gasteiger partial charge is 0.254 e. The Balaban J connectivity index is 2.28. The fraction of sp³-hybridized carbons (Fsp3) is 0.316. The molecule has 0 aliphatic carbocycles. The first-order valence-corrected chi connectivity index (χ1v) is 9.76. The molecule has 0 aliphatic rings. The van der Waals surface area contributed by atoms with Crippen molar-refractivity contribution in [3.8, 4) is 0 Å². The van der Waals surface area contributed by atoms with Gasteiger partial charge in [-0.1, -0.05) is 36.4 Å². The molecule has 0 atom stereocenters. The van der Waals surface area contributed by atoms with Gasteiger partial charge in [0, 0.05) is 18.7 Å². The minimum atomic E-state index is -3.86. The lowest BCUT2D eigenvalue weighted by Gasteiger charge is -2.22. The van der Waals surface area contributed by atoms with Gasteiger partial charge in [0.2, 0.25) is 10.0 Å². The van der Waals surface area contributed by atoms with Crippen LogP contribution in [-0.4, -0.2) is 32.3 Å². The van der Waals surface area contributed by atoms with Crippen molar-refractivity contribution in [3.63, 3.8) is 0 Å². The van der Waals surface area contributed by atoms with E-state index in [1.165, 1.54) is 6.07 Å². The summed E-state index contributed by atoms with van der Waals surface area (Å²) in [5.74, 6) is -0.180. The molecule has 0 heterocycles. The minimum Gasteiger partial charge on any atom is -0.339 e. The molecule has 0 saturated heterocycles. The summed E-state index contributed by atoms with van der Waals surface area (Å²) < 4.78 is 23.5. The maximum absolute atomic E-state index is 12.9. The summed E-state index contributed by atoms with van der Waals surface area (Å²) in [6, 6.07) is 13.0. The van der Waals surface area contributed by atoms with Crippen molar-refractivity contribution in [2.45, 2.75) is 32.1 Å². The van der Waals surface area contributed by atoms with Gasteiger partial charge in [-0.05, 0) is 49.9 Å². The molecule has 5 nitrogen and oxygen atoms in total.